The van der Waals surface area contributed by atoms with Crippen LogP contribution in [0.4, 0.5) is 0 Å². The molecule has 0 heterocycles. The smallest absolute Gasteiger partial charge is 0.0538 e. The first-order valence-electron chi connectivity index (χ1n) is 6.20. The first-order valence-corrected chi connectivity index (χ1v) is 6.20. The molecule has 2 N–H and O–H groups in total. The number of hydrogen-bond acceptors (Lipinski definition) is 2. The fraction of sp³-hybridized carbons (Fsp3) is 0.571. The van der Waals surface area contributed by atoms with Gasteiger partial charge in [0.25, 0.3) is 0 Å². The van der Waals surface area contributed by atoms with Crippen LogP contribution < -0.4 is 5.32 Å². The second-order valence-electron chi connectivity index (χ2n) is 4.29. The van der Waals surface area contributed by atoms with E-state index in [-0.39, 0.29) is 6.10 Å². The van der Waals surface area contributed by atoms with Crippen molar-refractivity contribution in [3.63, 3.8) is 0 Å². The molecule has 0 saturated carbocycles. The van der Waals surface area contributed by atoms with E-state index in [0.717, 1.165) is 25.8 Å². The van der Waals surface area contributed by atoms with Crippen molar-refractivity contribution in [2.24, 2.45) is 0 Å². The summed E-state index contributed by atoms with van der Waals surface area (Å²) in [5.74, 6) is 0. The van der Waals surface area contributed by atoms with Crippen molar-refractivity contribution >= 4 is 0 Å². The van der Waals surface area contributed by atoms with Gasteiger partial charge in [0, 0.05) is 6.04 Å². The van der Waals surface area contributed by atoms with Crippen LogP contribution >= 0.6 is 0 Å². The molecule has 0 aliphatic rings. The van der Waals surface area contributed by atoms with Gasteiger partial charge in [0.05, 0.1) is 6.10 Å². The molecule has 0 radical (unpaired) electrons. The van der Waals surface area contributed by atoms with Gasteiger partial charge in [-0.05, 0) is 38.3 Å². The SMILES string of the molecule is CCC(O)CCCNC(C)c1ccccc1. The van der Waals surface area contributed by atoms with Gasteiger partial charge in [0.2, 0.25) is 0 Å². The zero-order valence-electron chi connectivity index (χ0n) is 10.3. The minimum atomic E-state index is -0.131. The largest absolute Gasteiger partial charge is 0.393 e. The standard InChI is InChI=1S/C14H23NO/c1-3-14(16)10-7-11-15-12(2)13-8-5-4-6-9-13/h4-6,8-9,12,14-16H,3,7,10-11H2,1-2H3. The van der Waals surface area contributed by atoms with Crippen molar-refractivity contribution in [3.05, 3.63) is 35.9 Å². The molecular formula is C14H23NO. The van der Waals surface area contributed by atoms with Crippen molar-refractivity contribution < 1.29 is 5.11 Å². The number of aliphatic hydroxyl groups excluding tert-OH is 1. The van der Waals surface area contributed by atoms with Gasteiger partial charge in [-0.1, -0.05) is 37.3 Å². The van der Waals surface area contributed by atoms with Crippen molar-refractivity contribution in [3.8, 4) is 0 Å². The van der Waals surface area contributed by atoms with E-state index in [9.17, 15) is 5.11 Å². The van der Waals surface area contributed by atoms with E-state index in [1.807, 2.05) is 13.0 Å². The van der Waals surface area contributed by atoms with Crippen LogP contribution in [0.15, 0.2) is 30.3 Å². The van der Waals surface area contributed by atoms with Gasteiger partial charge < -0.3 is 10.4 Å². The monoisotopic (exact) mass is 221 g/mol. The Bertz CT molecular complexity index is 273. The maximum Gasteiger partial charge on any atom is 0.0538 e. The van der Waals surface area contributed by atoms with Crippen molar-refractivity contribution in [1.82, 2.24) is 5.32 Å². The van der Waals surface area contributed by atoms with E-state index in [1.165, 1.54) is 5.56 Å². The molecule has 0 aliphatic heterocycles. The maximum absolute atomic E-state index is 9.41. The van der Waals surface area contributed by atoms with E-state index < -0.39 is 0 Å². The number of hydrogen-bond donors (Lipinski definition) is 2. The molecule has 2 heteroatoms. The maximum atomic E-state index is 9.41. The normalized spacial score (nSPS) is 14.7. The third kappa shape index (κ3) is 4.77. The fourth-order valence-corrected chi connectivity index (χ4v) is 1.72. The van der Waals surface area contributed by atoms with Crippen molar-refractivity contribution in [2.75, 3.05) is 6.54 Å². The van der Waals surface area contributed by atoms with Gasteiger partial charge in [-0.15, -0.1) is 0 Å². The predicted molar refractivity (Wildman–Crippen MR) is 68.4 cm³/mol. The predicted octanol–water partition coefficient (Wildman–Crippen LogP) is 2.89. The Labute approximate surface area is 98.7 Å². The highest BCUT2D eigenvalue weighted by Gasteiger charge is 2.04. The summed E-state index contributed by atoms with van der Waals surface area (Å²) < 4.78 is 0. The Morgan fingerprint density at radius 1 is 1.25 bits per heavy atom. The van der Waals surface area contributed by atoms with Crippen LogP contribution in [-0.2, 0) is 0 Å². The van der Waals surface area contributed by atoms with Crippen LogP contribution in [0.1, 0.15) is 44.7 Å². The highest BCUT2D eigenvalue weighted by Crippen LogP contribution is 2.11. The lowest BCUT2D eigenvalue weighted by molar-refractivity contribution is 0.157. The van der Waals surface area contributed by atoms with Crippen LogP contribution in [0.25, 0.3) is 0 Å². The molecule has 1 rings (SSSR count). The van der Waals surface area contributed by atoms with Crippen molar-refractivity contribution in [1.29, 1.82) is 0 Å². The van der Waals surface area contributed by atoms with Crippen LogP contribution in [0.3, 0.4) is 0 Å². The zero-order valence-corrected chi connectivity index (χ0v) is 10.3. The molecule has 0 spiro atoms. The zero-order chi connectivity index (χ0) is 11.8. The Morgan fingerprint density at radius 3 is 2.56 bits per heavy atom. The van der Waals surface area contributed by atoms with Crippen LogP contribution in [0.5, 0.6) is 0 Å². The number of rotatable bonds is 7. The highest BCUT2D eigenvalue weighted by atomic mass is 16.3. The van der Waals surface area contributed by atoms with Gasteiger partial charge in [-0.3, -0.25) is 0 Å². The summed E-state index contributed by atoms with van der Waals surface area (Å²) >= 11 is 0. The average molecular weight is 221 g/mol. The summed E-state index contributed by atoms with van der Waals surface area (Å²) in [5, 5.41) is 12.9. The first kappa shape index (κ1) is 13.2. The number of nitrogens with one attached hydrogen (secondary N) is 1. The minimum Gasteiger partial charge on any atom is -0.393 e. The second-order valence-corrected chi connectivity index (χ2v) is 4.29. The van der Waals surface area contributed by atoms with Gasteiger partial charge in [-0.25, -0.2) is 0 Å². The molecule has 0 bridgehead atoms. The lowest BCUT2D eigenvalue weighted by Gasteiger charge is -2.14. The van der Waals surface area contributed by atoms with E-state index in [2.05, 4.69) is 36.5 Å². The molecule has 1 aromatic rings. The van der Waals surface area contributed by atoms with Gasteiger partial charge in [0.1, 0.15) is 0 Å². The molecule has 90 valence electrons. The van der Waals surface area contributed by atoms with Crippen LogP contribution in [0.2, 0.25) is 0 Å². The summed E-state index contributed by atoms with van der Waals surface area (Å²) in [4.78, 5) is 0. The molecule has 0 amide bonds. The lowest BCUT2D eigenvalue weighted by Crippen LogP contribution is -2.21. The summed E-state index contributed by atoms with van der Waals surface area (Å²) in [6, 6.07) is 10.8. The molecule has 0 aliphatic carbocycles. The van der Waals surface area contributed by atoms with Gasteiger partial charge >= 0.3 is 0 Å². The minimum absolute atomic E-state index is 0.131. The fourth-order valence-electron chi connectivity index (χ4n) is 1.72. The summed E-state index contributed by atoms with van der Waals surface area (Å²) in [5.41, 5.74) is 1.32. The second kappa shape index (κ2) is 7.42. The number of aliphatic hydroxyl groups is 1. The Balaban J connectivity index is 2.18. The third-order valence-corrected chi connectivity index (χ3v) is 2.94. The molecule has 0 aromatic heterocycles. The van der Waals surface area contributed by atoms with Gasteiger partial charge in [0.15, 0.2) is 0 Å². The molecule has 16 heavy (non-hydrogen) atoms. The molecular weight excluding hydrogens is 198 g/mol. The summed E-state index contributed by atoms with van der Waals surface area (Å²) in [6.45, 7) is 5.16. The Kier molecular flexibility index (Phi) is 6.12. The van der Waals surface area contributed by atoms with Crippen LogP contribution in [0, 0.1) is 0 Å². The molecule has 2 nitrogen and oxygen atoms in total. The van der Waals surface area contributed by atoms with Crippen LogP contribution in [-0.4, -0.2) is 17.8 Å². The van der Waals surface area contributed by atoms with E-state index in [0.29, 0.717) is 6.04 Å². The quantitative estimate of drug-likeness (QED) is 0.694. The first-order chi connectivity index (χ1) is 7.74. The molecule has 2 atom stereocenters. The Hall–Kier alpha value is -0.860. The topological polar surface area (TPSA) is 32.3 Å². The van der Waals surface area contributed by atoms with Crippen molar-refractivity contribution in [2.45, 2.75) is 45.3 Å². The highest BCUT2D eigenvalue weighted by molar-refractivity contribution is 5.17. The van der Waals surface area contributed by atoms with Gasteiger partial charge in [-0.2, -0.15) is 0 Å². The summed E-state index contributed by atoms with van der Waals surface area (Å²) in [6.07, 6.45) is 2.65. The van der Waals surface area contributed by atoms with E-state index in [4.69, 9.17) is 0 Å². The molecule has 0 saturated heterocycles. The Morgan fingerprint density at radius 2 is 1.94 bits per heavy atom. The molecule has 0 fully saturated rings. The lowest BCUT2D eigenvalue weighted by atomic mass is 10.1. The number of benzene rings is 1. The molecule has 1 aromatic carbocycles. The summed E-state index contributed by atoms with van der Waals surface area (Å²) in [7, 11) is 0. The average Bonchev–Trinajstić information content (AvgIpc) is 2.35. The van der Waals surface area contributed by atoms with E-state index in [1.54, 1.807) is 0 Å². The third-order valence-electron chi connectivity index (χ3n) is 2.94. The molecule has 2 unspecified atom stereocenters. The van der Waals surface area contributed by atoms with E-state index >= 15 is 0 Å².